The molecule has 0 aliphatic heterocycles. The van der Waals surface area contributed by atoms with Crippen molar-refractivity contribution in [1.29, 1.82) is 0 Å². The second kappa shape index (κ2) is 5.22. The van der Waals surface area contributed by atoms with Crippen molar-refractivity contribution in [3.8, 4) is 0 Å². The molecule has 0 radical (unpaired) electrons. The molecule has 0 spiro atoms. The lowest BCUT2D eigenvalue weighted by Gasteiger charge is -2.04. The van der Waals surface area contributed by atoms with Gasteiger partial charge in [0.15, 0.2) is 5.78 Å². The zero-order chi connectivity index (χ0) is 14.8. The van der Waals surface area contributed by atoms with Crippen LogP contribution < -0.4 is 5.11 Å². The lowest BCUT2D eigenvalue weighted by Crippen LogP contribution is -2.22. The normalized spacial score (nSPS) is 14.4. The largest absolute Gasteiger partial charge is 0.545 e. The third kappa shape index (κ3) is 3.07. The van der Waals surface area contributed by atoms with Gasteiger partial charge in [-0.25, -0.2) is 0 Å². The van der Waals surface area contributed by atoms with Gasteiger partial charge in [0.05, 0.1) is 16.6 Å². The van der Waals surface area contributed by atoms with Gasteiger partial charge in [-0.05, 0) is 42.0 Å². The topological polar surface area (TPSA) is 104 Å². The summed E-state index contributed by atoms with van der Waals surface area (Å²) in [7, 11) is -3.96. The molecule has 2 rings (SSSR count). The fraction of sp³-hybridized carbons (Fsp3) is 0. The molecular weight excluding hydrogens is 282 g/mol. The van der Waals surface area contributed by atoms with Gasteiger partial charge >= 0.3 is 0 Å². The summed E-state index contributed by atoms with van der Waals surface area (Å²) in [5.74, 6) is -1.64. The highest BCUT2D eigenvalue weighted by atomic mass is 32.2. The second-order valence-electron chi connectivity index (χ2n) is 3.87. The van der Waals surface area contributed by atoms with E-state index in [1.807, 2.05) is 0 Å². The molecule has 0 amide bonds. The number of hydrogen-bond acceptors (Lipinski definition) is 5. The van der Waals surface area contributed by atoms with Gasteiger partial charge in [-0.2, -0.15) is 12.8 Å². The number of hydrogen-bond donors (Lipinski definition) is 0. The first-order valence-corrected chi connectivity index (χ1v) is 6.89. The Morgan fingerprint density at radius 1 is 1.00 bits per heavy atom. The SMILES string of the molecule is O=C1C=CC(=NS(=O)(=O)c2ccc(C(=O)[O-])cc2)C=C1. The van der Waals surface area contributed by atoms with Crippen LogP contribution in [0, 0.1) is 0 Å². The van der Waals surface area contributed by atoms with E-state index in [-0.39, 0.29) is 22.0 Å². The van der Waals surface area contributed by atoms with Crippen LogP contribution in [-0.2, 0) is 14.8 Å². The molecule has 102 valence electrons. The van der Waals surface area contributed by atoms with Gasteiger partial charge in [-0.3, -0.25) is 4.79 Å². The van der Waals surface area contributed by atoms with Crippen molar-refractivity contribution in [2.75, 3.05) is 0 Å². The van der Waals surface area contributed by atoms with E-state index >= 15 is 0 Å². The fourth-order valence-corrected chi connectivity index (χ4v) is 2.45. The van der Waals surface area contributed by atoms with Crippen LogP contribution in [0.15, 0.2) is 57.9 Å². The first kappa shape index (κ1) is 13.9. The number of benzene rings is 1. The predicted octanol–water partition coefficient (Wildman–Crippen LogP) is -0.125. The zero-order valence-corrected chi connectivity index (χ0v) is 10.8. The molecule has 1 aliphatic carbocycles. The number of sulfonamides is 1. The maximum Gasteiger partial charge on any atom is 0.282 e. The van der Waals surface area contributed by atoms with Crippen LogP contribution in [0.3, 0.4) is 0 Å². The number of carbonyl (C=O) groups excluding carboxylic acids is 2. The van der Waals surface area contributed by atoms with Gasteiger partial charge in [0, 0.05) is 0 Å². The van der Waals surface area contributed by atoms with Crippen LogP contribution in [-0.4, -0.2) is 25.9 Å². The Bertz CT molecular complexity index is 736. The first-order valence-electron chi connectivity index (χ1n) is 5.45. The van der Waals surface area contributed by atoms with E-state index < -0.39 is 16.0 Å². The number of carboxylic acids is 1. The number of ketones is 1. The van der Waals surface area contributed by atoms with Crippen LogP contribution in [0.2, 0.25) is 0 Å². The van der Waals surface area contributed by atoms with Crippen molar-refractivity contribution < 1.29 is 23.1 Å². The lowest BCUT2D eigenvalue weighted by molar-refractivity contribution is -0.255. The van der Waals surface area contributed by atoms with Crippen molar-refractivity contribution in [1.82, 2.24) is 0 Å². The zero-order valence-electron chi connectivity index (χ0n) is 10.0. The Hall–Kier alpha value is -2.54. The Morgan fingerprint density at radius 3 is 2.05 bits per heavy atom. The summed E-state index contributed by atoms with van der Waals surface area (Å²) in [4.78, 5) is 21.3. The average Bonchev–Trinajstić information content (AvgIpc) is 2.41. The average molecular weight is 290 g/mol. The van der Waals surface area contributed by atoms with E-state index in [4.69, 9.17) is 0 Å². The van der Waals surface area contributed by atoms with Gasteiger partial charge < -0.3 is 9.90 Å². The van der Waals surface area contributed by atoms with E-state index in [9.17, 15) is 23.1 Å². The predicted molar refractivity (Wildman–Crippen MR) is 68.7 cm³/mol. The summed E-state index contributed by atoms with van der Waals surface area (Å²) in [5, 5.41) is 10.6. The number of carboxylic acid groups (broad SMARTS) is 1. The molecule has 0 unspecified atom stereocenters. The molecule has 0 fully saturated rings. The Labute approximate surface area is 114 Å². The monoisotopic (exact) mass is 290 g/mol. The summed E-state index contributed by atoms with van der Waals surface area (Å²) in [5.41, 5.74) is -0.00626. The molecule has 0 saturated carbocycles. The second-order valence-corrected chi connectivity index (χ2v) is 5.48. The third-order valence-electron chi connectivity index (χ3n) is 2.45. The van der Waals surface area contributed by atoms with Crippen LogP contribution in [0.1, 0.15) is 10.4 Å². The summed E-state index contributed by atoms with van der Waals surface area (Å²) in [6, 6.07) is 4.51. The van der Waals surface area contributed by atoms with E-state index in [1.165, 1.54) is 24.3 Å². The molecule has 0 heterocycles. The minimum Gasteiger partial charge on any atom is -0.545 e. The summed E-state index contributed by atoms with van der Waals surface area (Å²) < 4.78 is 27.5. The third-order valence-corrected chi connectivity index (χ3v) is 3.77. The maximum absolute atomic E-state index is 12.0. The smallest absolute Gasteiger partial charge is 0.282 e. The molecule has 0 N–H and O–H groups in total. The molecule has 0 aromatic heterocycles. The molecule has 1 aliphatic rings. The molecule has 7 heteroatoms. The molecule has 0 saturated heterocycles. The van der Waals surface area contributed by atoms with Crippen LogP contribution >= 0.6 is 0 Å². The Morgan fingerprint density at radius 2 is 1.55 bits per heavy atom. The number of nitrogens with zero attached hydrogens (tertiary/aromatic N) is 1. The lowest BCUT2D eigenvalue weighted by atomic mass is 10.2. The van der Waals surface area contributed by atoms with Gasteiger partial charge in [-0.1, -0.05) is 12.1 Å². The van der Waals surface area contributed by atoms with Crippen molar-refractivity contribution >= 4 is 27.5 Å². The first-order chi connectivity index (χ1) is 9.38. The number of carbonyl (C=O) groups is 2. The van der Waals surface area contributed by atoms with E-state index in [2.05, 4.69) is 4.40 Å². The Kier molecular flexibility index (Phi) is 3.62. The van der Waals surface area contributed by atoms with Crippen LogP contribution in [0.25, 0.3) is 0 Å². The molecule has 0 atom stereocenters. The van der Waals surface area contributed by atoms with E-state index in [0.717, 1.165) is 24.3 Å². The molecule has 1 aromatic rings. The van der Waals surface area contributed by atoms with Crippen molar-refractivity contribution in [3.63, 3.8) is 0 Å². The summed E-state index contributed by atoms with van der Waals surface area (Å²) in [6.07, 6.45) is 4.98. The number of aromatic carboxylic acids is 1. The highest BCUT2D eigenvalue weighted by molar-refractivity contribution is 7.90. The molecular formula is C13H8NO5S-. The molecule has 20 heavy (non-hydrogen) atoms. The summed E-state index contributed by atoms with van der Waals surface area (Å²) in [6.45, 7) is 0. The van der Waals surface area contributed by atoms with Gasteiger partial charge in [0.25, 0.3) is 10.0 Å². The van der Waals surface area contributed by atoms with Crippen LogP contribution in [0.4, 0.5) is 0 Å². The molecule has 0 bridgehead atoms. The van der Waals surface area contributed by atoms with Crippen molar-refractivity contribution in [2.24, 2.45) is 4.40 Å². The van der Waals surface area contributed by atoms with Gasteiger partial charge in [0.1, 0.15) is 0 Å². The van der Waals surface area contributed by atoms with Crippen molar-refractivity contribution in [2.45, 2.75) is 4.90 Å². The molecule has 1 aromatic carbocycles. The quantitative estimate of drug-likeness (QED) is 0.721. The molecule has 6 nitrogen and oxygen atoms in total. The van der Waals surface area contributed by atoms with E-state index in [1.54, 1.807) is 0 Å². The Balaban J connectivity index is 2.34. The van der Waals surface area contributed by atoms with E-state index in [0.29, 0.717) is 0 Å². The maximum atomic E-state index is 12.0. The minimum atomic E-state index is -3.96. The summed E-state index contributed by atoms with van der Waals surface area (Å²) >= 11 is 0. The van der Waals surface area contributed by atoms with Gasteiger partial charge in [0.2, 0.25) is 0 Å². The van der Waals surface area contributed by atoms with Crippen molar-refractivity contribution in [3.05, 3.63) is 54.1 Å². The highest BCUT2D eigenvalue weighted by Gasteiger charge is 2.14. The number of rotatable bonds is 3. The fourth-order valence-electron chi connectivity index (χ4n) is 1.46. The van der Waals surface area contributed by atoms with Gasteiger partial charge in [-0.15, -0.1) is 0 Å². The minimum absolute atomic E-state index is 0.119. The number of allylic oxidation sites excluding steroid dienone is 4. The highest BCUT2D eigenvalue weighted by Crippen LogP contribution is 2.14. The standard InChI is InChI=1S/C13H9NO5S/c15-11-5-3-10(4-6-11)14-20(18,19)12-7-1-9(2-8-12)13(16)17/h1-8H,(H,16,17)/p-1. The van der Waals surface area contributed by atoms with Crippen LogP contribution in [0.5, 0.6) is 0 Å².